The van der Waals surface area contributed by atoms with Crippen molar-refractivity contribution in [2.24, 2.45) is 0 Å². The van der Waals surface area contributed by atoms with E-state index in [0.717, 1.165) is 17.7 Å². The Balaban J connectivity index is 1.83. The van der Waals surface area contributed by atoms with Crippen LogP contribution in [0.3, 0.4) is 0 Å². The molecule has 1 aromatic carbocycles. The van der Waals surface area contributed by atoms with Gasteiger partial charge in [-0.2, -0.15) is 0 Å². The fourth-order valence-corrected chi connectivity index (χ4v) is 1.64. The Morgan fingerprint density at radius 1 is 1.33 bits per heavy atom. The van der Waals surface area contributed by atoms with Crippen molar-refractivity contribution in [2.45, 2.75) is 6.42 Å². The van der Waals surface area contributed by atoms with Crippen LogP contribution in [-0.2, 0) is 6.42 Å². The highest BCUT2D eigenvalue weighted by atomic mass is 16.5. The van der Waals surface area contributed by atoms with Crippen LogP contribution in [0.4, 0.5) is 0 Å². The molecule has 0 aliphatic heterocycles. The third kappa shape index (κ3) is 3.13. The quantitative estimate of drug-likeness (QED) is 0.879. The zero-order valence-corrected chi connectivity index (χ0v) is 10.2. The number of carbonyl (C=O) groups is 1. The first-order chi connectivity index (χ1) is 8.79. The fraction of sp³-hybridized carbons (Fsp3) is 0.214. The molecule has 0 aliphatic carbocycles. The van der Waals surface area contributed by atoms with Gasteiger partial charge in [-0.1, -0.05) is 12.1 Å². The second kappa shape index (κ2) is 5.91. The molecule has 2 rings (SSSR count). The summed E-state index contributed by atoms with van der Waals surface area (Å²) in [5.74, 6) is 0.966. The third-order valence-corrected chi connectivity index (χ3v) is 2.58. The number of ether oxygens (including phenoxy) is 1. The Bertz CT molecular complexity index is 506. The van der Waals surface area contributed by atoms with Gasteiger partial charge < -0.3 is 14.5 Å². The predicted molar refractivity (Wildman–Crippen MR) is 67.7 cm³/mol. The second-order valence-electron chi connectivity index (χ2n) is 3.83. The van der Waals surface area contributed by atoms with E-state index in [2.05, 4.69) is 5.32 Å². The summed E-state index contributed by atoms with van der Waals surface area (Å²) in [5, 5.41) is 2.80. The highest BCUT2D eigenvalue weighted by molar-refractivity contribution is 5.91. The van der Waals surface area contributed by atoms with E-state index in [1.54, 1.807) is 19.2 Å². The molecule has 0 spiro atoms. The molecule has 0 atom stereocenters. The molecule has 1 amide bonds. The summed E-state index contributed by atoms with van der Waals surface area (Å²) in [7, 11) is 1.64. The number of methoxy groups -OCH3 is 1. The van der Waals surface area contributed by atoms with Crippen molar-refractivity contribution in [3.05, 3.63) is 54.0 Å². The van der Waals surface area contributed by atoms with Crippen LogP contribution in [-0.4, -0.2) is 19.6 Å². The molecule has 18 heavy (non-hydrogen) atoms. The molecule has 0 unspecified atom stereocenters. The number of amides is 1. The number of furan rings is 1. The lowest BCUT2D eigenvalue weighted by atomic mass is 10.1. The summed E-state index contributed by atoms with van der Waals surface area (Å²) in [6.07, 6.45) is 2.24. The first-order valence-corrected chi connectivity index (χ1v) is 5.74. The van der Waals surface area contributed by atoms with Gasteiger partial charge in [0.15, 0.2) is 5.76 Å². The normalized spacial score (nSPS) is 10.1. The number of benzene rings is 1. The minimum atomic E-state index is -0.192. The van der Waals surface area contributed by atoms with Gasteiger partial charge in [0, 0.05) is 6.54 Å². The van der Waals surface area contributed by atoms with Crippen LogP contribution in [0.2, 0.25) is 0 Å². The lowest BCUT2D eigenvalue weighted by Crippen LogP contribution is -2.25. The van der Waals surface area contributed by atoms with E-state index in [1.807, 2.05) is 24.3 Å². The first-order valence-electron chi connectivity index (χ1n) is 5.74. The molecule has 1 N–H and O–H groups in total. The molecule has 0 saturated heterocycles. The van der Waals surface area contributed by atoms with Crippen molar-refractivity contribution in [1.29, 1.82) is 0 Å². The Kier molecular flexibility index (Phi) is 4.02. The standard InChI is InChI=1S/C14H15NO3/c1-17-12-5-2-4-11(10-12)7-8-15-14(16)13-6-3-9-18-13/h2-6,9-10H,7-8H2,1H3,(H,15,16). The van der Waals surface area contributed by atoms with Crippen LogP contribution in [0.15, 0.2) is 47.1 Å². The van der Waals surface area contributed by atoms with Crippen LogP contribution >= 0.6 is 0 Å². The van der Waals surface area contributed by atoms with E-state index in [1.165, 1.54) is 6.26 Å². The van der Waals surface area contributed by atoms with Crippen LogP contribution in [0, 0.1) is 0 Å². The maximum Gasteiger partial charge on any atom is 0.286 e. The maximum atomic E-state index is 11.6. The molecule has 0 bridgehead atoms. The molecule has 4 nitrogen and oxygen atoms in total. The summed E-state index contributed by atoms with van der Waals surface area (Å²) in [4.78, 5) is 11.6. The molecule has 0 aliphatic rings. The largest absolute Gasteiger partial charge is 0.497 e. The van der Waals surface area contributed by atoms with E-state index in [9.17, 15) is 4.79 Å². The highest BCUT2D eigenvalue weighted by Gasteiger charge is 2.06. The minimum absolute atomic E-state index is 0.192. The smallest absolute Gasteiger partial charge is 0.286 e. The van der Waals surface area contributed by atoms with Gasteiger partial charge in [-0.05, 0) is 36.2 Å². The first kappa shape index (κ1) is 12.2. The number of carbonyl (C=O) groups excluding carboxylic acids is 1. The highest BCUT2D eigenvalue weighted by Crippen LogP contribution is 2.12. The van der Waals surface area contributed by atoms with Crippen LogP contribution in [0.1, 0.15) is 16.1 Å². The molecular weight excluding hydrogens is 230 g/mol. The second-order valence-corrected chi connectivity index (χ2v) is 3.83. The van der Waals surface area contributed by atoms with Crippen molar-refractivity contribution in [3.63, 3.8) is 0 Å². The average Bonchev–Trinajstić information content (AvgIpc) is 2.93. The topological polar surface area (TPSA) is 51.5 Å². The lowest BCUT2D eigenvalue weighted by Gasteiger charge is -2.05. The van der Waals surface area contributed by atoms with Crippen molar-refractivity contribution in [1.82, 2.24) is 5.32 Å². The summed E-state index contributed by atoms with van der Waals surface area (Å²) in [6, 6.07) is 11.1. The van der Waals surface area contributed by atoms with Gasteiger partial charge >= 0.3 is 0 Å². The van der Waals surface area contributed by atoms with E-state index < -0.39 is 0 Å². The fourth-order valence-electron chi connectivity index (χ4n) is 1.64. The average molecular weight is 245 g/mol. The lowest BCUT2D eigenvalue weighted by molar-refractivity contribution is 0.0926. The number of hydrogen-bond donors (Lipinski definition) is 1. The van der Waals surface area contributed by atoms with Gasteiger partial charge in [0.1, 0.15) is 5.75 Å². The molecule has 1 aromatic heterocycles. The molecule has 1 heterocycles. The summed E-state index contributed by atoms with van der Waals surface area (Å²) in [5.41, 5.74) is 1.12. The Hall–Kier alpha value is -2.23. The molecule has 0 fully saturated rings. The van der Waals surface area contributed by atoms with Crippen LogP contribution in [0.5, 0.6) is 5.75 Å². The number of rotatable bonds is 5. The zero-order valence-electron chi connectivity index (χ0n) is 10.2. The van der Waals surface area contributed by atoms with Crippen molar-refractivity contribution in [2.75, 3.05) is 13.7 Å². The van der Waals surface area contributed by atoms with Gasteiger partial charge in [-0.3, -0.25) is 4.79 Å². The maximum absolute atomic E-state index is 11.6. The zero-order chi connectivity index (χ0) is 12.8. The molecule has 4 heteroatoms. The van der Waals surface area contributed by atoms with Gasteiger partial charge in [-0.25, -0.2) is 0 Å². The van der Waals surface area contributed by atoms with Gasteiger partial charge in [0.2, 0.25) is 0 Å². The number of nitrogens with one attached hydrogen (secondary N) is 1. The Morgan fingerprint density at radius 2 is 2.22 bits per heavy atom. The van der Waals surface area contributed by atoms with E-state index >= 15 is 0 Å². The van der Waals surface area contributed by atoms with Crippen molar-refractivity contribution < 1.29 is 13.9 Å². The molecule has 0 radical (unpaired) electrons. The summed E-state index contributed by atoms with van der Waals surface area (Å²) >= 11 is 0. The number of hydrogen-bond acceptors (Lipinski definition) is 3. The van der Waals surface area contributed by atoms with E-state index in [4.69, 9.17) is 9.15 Å². The molecule has 94 valence electrons. The summed E-state index contributed by atoms with van der Waals surface area (Å²) < 4.78 is 10.1. The minimum Gasteiger partial charge on any atom is -0.497 e. The van der Waals surface area contributed by atoms with E-state index in [-0.39, 0.29) is 5.91 Å². The van der Waals surface area contributed by atoms with Crippen molar-refractivity contribution >= 4 is 5.91 Å². The van der Waals surface area contributed by atoms with Crippen LogP contribution in [0.25, 0.3) is 0 Å². The van der Waals surface area contributed by atoms with Gasteiger partial charge in [0.25, 0.3) is 5.91 Å². The molecule has 2 aromatic rings. The van der Waals surface area contributed by atoms with Gasteiger partial charge in [0.05, 0.1) is 13.4 Å². The molecule has 0 saturated carbocycles. The monoisotopic (exact) mass is 245 g/mol. The SMILES string of the molecule is COc1cccc(CCNC(=O)c2ccco2)c1. The summed E-state index contributed by atoms with van der Waals surface area (Å²) in [6.45, 7) is 0.562. The predicted octanol–water partition coefficient (Wildman–Crippen LogP) is 2.26. The van der Waals surface area contributed by atoms with E-state index in [0.29, 0.717) is 12.3 Å². The van der Waals surface area contributed by atoms with Crippen molar-refractivity contribution in [3.8, 4) is 5.75 Å². The third-order valence-electron chi connectivity index (χ3n) is 2.58. The Labute approximate surface area is 106 Å². The molecular formula is C14H15NO3. The van der Waals surface area contributed by atoms with Crippen LogP contribution < -0.4 is 10.1 Å². The Morgan fingerprint density at radius 3 is 2.94 bits per heavy atom. The van der Waals surface area contributed by atoms with Gasteiger partial charge in [-0.15, -0.1) is 0 Å².